The van der Waals surface area contributed by atoms with Gasteiger partial charge in [0, 0.05) is 43.0 Å². The van der Waals surface area contributed by atoms with Gasteiger partial charge in [0.15, 0.2) is 0 Å². The Kier molecular flexibility index (Phi) is 5.96. The number of anilines is 2. The molecule has 2 aliphatic rings. The van der Waals surface area contributed by atoms with Gasteiger partial charge in [0.25, 0.3) is 0 Å². The molecule has 1 aliphatic carbocycles. The minimum Gasteiger partial charge on any atom is -0.371 e. The third kappa shape index (κ3) is 4.93. The molecule has 1 amide bonds. The second-order valence-corrected chi connectivity index (χ2v) is 8.30. The van der Waals surface area contributed by atoms with Crippen LogP contribution >= 0.6 is 0 Å². The van der Waals surface area contributed by atoms with Crippen molar-refractivity contribution in [3.05, 3.63) is 60.2 Å². The maximum absolute atomic E-state index is 12.0. The lowest BCUT2D eigenvalue weighted by molar-refractivity contribution is -0.117. The van der Waals surface area contributed by atoms with Crippen LogP contribution in [0.2, 0.25) is 0 Å². The summed E-state index contributed by atoms with van der Waals surface area (Å²) in [4.78, 5) is 14.4. The molecule has 1 saturated carbocycles. The van der Waals surface area contributed by atoms with E-state index in [1.165, 1.54) is 11.3 Å². The Morgan fingerprint density at radius 2 is 1.79 bits per heavy atom. The summed E-state index contributed by atoms with van der Waals surface area (Å²) in [6.45, 7) is 5.42. The van der Waals surface area contributed by atoms with Gasteiger partial charge in [-0.2, -0.15) is 0 Å². The maximum Gasteiger partial charge on any atom is 0.227 e. The van der Waals surface area contributed by atoms with Crippen molar-refractivity contribution < 1.29 is 4.79 Å². The van der Waals surface area contributed by atoms with E-state index in [0.717, 1.165) is 51.0 Å². The summed E-state index contributed by atoms with van der Waals surface area (Å²) < 4.78 is 0. The van der Waals surface area contributed by atoms with Crippen molar-refractivity contribution in [3.63, 3.8) is 0 Å². The molecule has 0 bridgehead atoms. The summed E-state index contributed by atoms with van der Waals surface area (Å²) in [6, 6.07) is 19.6. The smallest absolute Gasteiger partial charge is 0.227 e. The number of rotatable bonds is 7. The quantitative estimate of drug-likeness (QED) is 0.752. The number of carbonyl (C=O) groups excluding carboxylic acids is 1. The Labute approximate surface area is 168 Å². The number of piperidine rings is 1. The molecule has 0 aromatic heterocycles. The molecular weight excluding hydrogens is 346 g/mol. The molecule has 0 unspecified atom stereocenters. The zero-order chi connectivity index (χ0) is 19.3. The normalized spacial score (nSPS) is 18.7. The van der Waals surface area contributed by atoms with Crippen LogP contribution in [-0.2, 0) is 4.79 Å². The number of nitrogens with zero attached hydrogens (tertiary/aromatic N) is 1. The molecule has 0 radical (unpaired) electrons. The average Bonchev–Trinajstić information content (AvgIpc) is 3.59. The summed E-state index contributed by atoms with van der Waals surface area (Å²) in [5.41, 5.74) is 3.54. The fraction of sp³-hybridized carbons (Fsp3) is 0.458. The van der Waals surface area contributed by atoms with Crippen LogP contribution in [0, 0.1) is 5.92 Å². The van der Waals surface area contributed by atoms with Crippen LogP contribution in [-0.4, -0.2) is 31.6 Å². The van der Waals surface area contributed by atoms with Crippen LogP contribution in [0.4, 0.5) is 11.4 Å². The highest BCUT2D eigenvalue weighted by molar-refractivity contribution is 5.94. The first-order valence-electron chi connectivity index (χ1n) is 10.6. The first-order chi connectivity index (χ1) is 13.7. The molecule has 2 fully saturated rings. The molecular formula is C24H31N3O. The molecule has 1 aliphatic heterocycles. The number of carbonyl (C=O) groups is 1. The van der Waals surface area contributed by atoms with E-state index in [4.69, 9.17) is 0 Å². The second kappa shape index (κ2) is 8.78. The molecule has 2 aromatic rings. The third-order valence-electron chi connectivity index (χ3n) is 6.00. The minimum absolute atomic E-state index is 0.174. The maximum atomic E-state index is 12.0. The van der Waals surface area contributed by atoms with E-state index >= 15 is 0 Å². The molecule has 4 rings (SSSR count). The standard InChI is InChI=1S/C24H31N3O/c1-18(19-6-3-2-4-7-19)17-25-21-12-14-27(15-13-21)23-9-5-8-22(16-23)26-24(28)20-10-11-20/h2-9,16,18,20-21,25H,10-15,17H2,1H3,(H,26,28)/t18-/m1/s1. The largest absolute Gasteiger partial charge is 0.371 e. The van der Waals surface area contributed by atoms with E-state index in [1.54, 1.807) is 0 Å². The Morgan fingerprint density at radius 1 is 1.04 bits per heavy atom. The van der Waals surface area contributed by atoms with Gasteiger partial charge in [-0.1, -0.05) is 43.3 Å². The van der Waals surface area contributed by atoms with Crippen LogP contribution in [0.5, 0.6) is 0 Å². The van der Waals surface area contributed by atoms with E-state index in [2.05, 4.69) is 64.9 Å². The first kappa shape index (κ1) is 19.0. The van der Waals surface area contributed by atoms with E-state index in [1.807, 2.05) is 12.1 Å². The summed E-state index contributed by atoms with van der Waals surface area (Å²) in [6.07, 6.45) is 4.38. The average molecular weight is 378 g/mol. The van der Waals surface area contributed by atoms with E-state index in [0.29, 0.717) is 12.0 Å². The molecule has 1 heterocycles. The lowest BCUT2D eigenvalue weighted by atomic mass is 9.99. The molecule has 4 heteroatoms. The lowest BCUT2D eigenvalue weighted by Gasteiger charge is -2.34. The first-order valence-corrected chi connectivity index (χ1v) is 10.6. The zero-order valence-electron chi connectivity index (χ0n) is 16.7. The lowest BCUT2D eigenvalue weighted by Crippen LogP contribution is -2.43. The fourth-order valence-electron chi connectivity index (χ4n) is 3.95. The summed E-state index contributed by atoms with van der Waals surface area (Å²) in [7, 11) is 0. The fourth-order valence-corrected chi connectivity index (χ4v) is 3.95. The molecule has 148 valence electrons. The number of nitrogens with one attached hydrogen (secondary N) is 2. The highest BCUT2D eigenvalue weighted by atomic mass is 16.2. The van der Waals surface area contributed by atoms with Gasteiger partial charge in [-0.15, -0.1) is 0 Å². The Bertz CT molecular complexity index is 779. The monoisotopic (exact) mass is 377 g/mol. The van der Waals surface area contributed by atoms with Gasteiger partial charge in [-0.05, 0) is 55.4 Å². The summed E-state index contributed by atoms with van der Waals surface area (Å²) in [5.74, 6) is 0.947. The van der Waals surface area contributed by atoms with Crippen LogP contribution in [0.25, 0.3) is 0 Å². The van der Waals surface area contributed by atoms with Gasteiger partial charge < -0.3 is 15.5 Å². The molecule has 0 spiro atoms. The van der Waals surface area contributed by atoms with Crippen molar-refractivity contribution in [2.24, 2.45) is 5.92 Å². The van der Waals surface area contributed by atoms with Gasteiger partial charge in [0.1, 0.15) is 0 Å². The van der Waals surface area contributed by atoms with Crippen molar-refractivity contribution in [2.45, 2.75) is 44.6 Å². The molecule has 2 aromatic carbocycles. The second-order valence-electron chi connectivity index (χ2n) is 8.30. The number of hydrogen-bond donors (Lipinski definition) is 2. The van der Waals surface area contributed by atoms with Crippen molar-refractivity contribution in [3.8, 4) is 0 Å². The van der Waals surface area contributed by atoms with E-state index in [9.17, 15) is 4.79 Å². The third-order valence-corrected chi connectivity index (χ3v) is 6.00. The van der Waals surface area contributed by atoms with Gasteiger partial charge in [-0.25, -0.2) is 0 Å². The summed E-state index contributed by atoms with van der Waals surface area (Å²) in [5, 5.41) is 6.83. The number of hydrogen-bond acceptors (Lipinski definition) is 3. The highest BCUT2D eigenvalue weighted by Gasteiger charge is 2.29. The van der Waals surface area contributed by atoms with Crippen molar-refractivity contribution in [2.75, 3.05) is 29.9 Å². The molecule has 1 saturated heterocycles. The topological polar surface area (TPSA) is 44.4 Å². The molecule has 2 N–H and O–H groups in total. The van der Waals surface area contributed by atoms with E-state index < -0.39 is 0 Å². The number of benzene rings is 2. The predicted octanol–water partition coefficient (Wildman–Crippen LogP) is 4.40. The molecule has 1 atom stereocenters. The van der Waals surface area contributed by atoms with Gasteiger partial charge in [-0.3, -0.25) is 4.79 Å². The minimum atomic E-state index is 0.174. The Hall–Kier alpha value is -2.33. The Morgan fingerprint density at radius 3 is 2.50 bits per heavy atom. The van der Waals surface area contributed by atoms with Crippen LogP contribution in [0.3, 0.4) is 0 Å². The highest BCUT2D eigenvalue weighted by Crippen LogP contribution is 2.31. The SMILES string of the molecule is C[C@H](CNC1CCN(c2cccc(NC(=O)C3CC3)c2)CC1)c1ccccc1. The molecule has 4 nitrogen and oxygen atoms in total. The Balaban J connectivity index is 1.25. The van der Waals surface area contributed by atoms with Crippen LogP contribution < -0.4 is 15.5 Å². The zero-order valence-corrected chi connectivity index (χ0v) is 16.7. The van der Waals surface area contributed by atoms with Gasteiger partial charge in [0.05, 0.1) is 0 Å². The summed E-state index contributed by atoms with van der Waals surface area (Å²) >= 11 is 0. The van der Waals surface area contributed by atoms with E-state index in [-0.39, 0.29) is 11.8 Å². The van der Waals surface area contributed by atoms with Crippen molar-refractivity contribution >= 4 is 17.3 Å². The number of amides is 1. The van der Waals surface area contributed by atoms with Gasteiger partial charge >= 0.3 is 0 Å². The van der Waals surface area contributed by atoms with Crippen molar-refractivity contribution in [1.82, 2.24) is 5.32 Å². The van der Waals surface area contributed by atoms with Crippen LogP contribution in [0.1, 0.15) is 44.1 Å². The predicted molar refractivity (Wildman–Crippen MR) is 116 cm³/mol. The van der Waals surface area contributed by atoms with Crippen molar-refractivity contribution in [1.29, 1.82) is 0 Å². The van der Waals surface area contributed by atoms with Crippen LogP contribution in [0.15, 0.2) is 54.6 Å². The van der Waals surface area contributed by atoms with Gasteiger partial charge in [0.2, 0.25) is 5.91 Å². The molecule has 28 heavy (non-hydrogen) atoms.